The lowest BCUT2D eigenvalue weighted by molar-refractivity contribution is -0.119. The third kappa shape index (κ3) is 4.72. The highest BCUT2D eigenvalue weighted by Gasteiger charge is 2.25. The van der Waals surface area contributed by atoms with Crippen molar-refractivity contribution >= 4 is 27.3 Å². The van der Waals surface area contributed by atoms with E-state index in [2.05, 4.69) is 4.72 Å². The monoisotopic (exact) mass is 436 g/mol. The number of sulfonamides is 1. The number of ether oxygens (including phenoxy) is 1. The fourth-order valence-electron chi connectivity index (χ4n) is 3.66. The molecule has 0 aromatic heterocycles. The molecule has 160 valence electrons. The zero-order valence-corrected chi connectivity index (χ0v) is 18.1. The van der Waals surface area contributed by atoms with E-state index in [4.69, 9.17) is 4.74 Å². The average Bonchev–Trinajstić information content (AvgIpc) is 2.77. The van der Waals surface area contributed by atoms with Crippen LogP contribution in [0.1, 0.15) is 24.5 Å². The number of hydrogen-bond donors (Lipinski definition) is 1. The summed E-state index contributed by atoms with van der Waals surface area (Å²) < 4.78 is 33.6. The molecule has 0 unspecified atom stereocenters. The average molecular weight is 437 g/mol. The minimum absolute atomic E-state index is 0.0686. The molecule has 0 saturated heterocycles. The first-order valence-corrected chi connectivity index (χ1v) is 11.7. The Hall–Kier alpha value is -3.32. The van der Waals surface area contributed by atoms with Gasteiger partial charge in [-0.1, -0.05) is 30.3 Å². The second-order valence-electron chi connectivity index (χ2n) is 7.32. The Balaban J connectivity index is 1.55. The maximum atomic E-state index is 12.8. The van der Waals surface area contributed by atoms with E-state index in [9.17, 15) is 13.2 Å². The molecule has 1 aliphatic heterocycles. The van der Waals surface area contributed by atoms with Gasteiger partial charge < -0.3 is 9.64 Å². The molecule has 0 radical (unpaired) electrons. The van der Waals surface area contributed by atoms with E-state index in [1.807, 2.05) is 49.4 Å². The molecule has 0 saturated carbocycles. The lowest BCUT2D eigenvalue weighted by Gasteiger charge is -2.30. The fraction of sp³-hybridized carbons (Fsp3) is 0.208. The van der Waals surface area contributed by atoms with Gasteiger partial charge in [-0.05, 0) is 66.9 Å². The molecule has 0 fully saturated rings. The smallest absolute Gasteiger partial charge is 0.261 e. The topological polar surface area (TPSA) is 75.7 Å². The molecule has 1 aliphatic rings. The predicted molar refractivity (Wildman–Crippen MR) is 121 cm³/mol. The Morgan fingerprint density at radius 1 is 0.968 bits per heavy atom. The van der Waals surface area contributed by atoms with Crippen molar-refractivity contribution in [1.29, 1.82) is 0 Å². The Bertz CT molecular complexity index is 1180. The predicted octanol–water partition coefficient (Wildman–Crippen LogP) is 4.37. The Morgan fingerprint density at radius 2 is 1.71 bits per heavy atom. The zero-order chi connectivity index (χ0) is 21.8. The van der Waals surface area contributed by atoms with Crippen LogP contribution in [0.4, 0.5) is 11.4 Å². The van der Waals surface area contributed by atoms with Crippen LogP contribution in [0.2, 0.25) is 0 Å². The van der Waals surface area contributed by atoms with Crippen LogP contribution >= 0.6 is 0 Å². The highest BCUT2D eigenvalue weighted by molar-refractivity contribution is 7.92. The minimum atomic E-state index is -3.73. The van der Waals surface area contributed by atoms with Crippen LogP contribution in [-0.4, -0.2) is 20.9 Å². The Labute approximate surface area is 182 Å². The van der Waals surface area contributed by atoms with Gasteiger partial charge in [-0.3, -0.25) is 9.52 Å². The van der Waals surface area contributed by atoms with E-state index in [1.54, 1.807) is 23.1 Å². The molecule has 7 heteroatoms. The quantitative estimate of drug-likeness (QED) is 0.597. The normalized spacial score (nSPS) is 13.6. The van der Waals surface area contributed by atoms with Crippen molar-refractivity contribution in [3.8, 4) is 5.75 Å². The molecule has 0 aliphatic carbocycles. The number of anilines is 2. The molecule has 3 aromatic carbocycles. The van der Waals surface area contributed by atoms with Gasteiger partial charge in [-0.25, -0.2) is 8.42 Å². The van der Waals surface area contributed by atoms with E-state index in [1.165, 1.54) is 12.1 Å². The van der Waals surface area contributed by atoms with Gasteiger partial charge in [0.25, 0.3) is 10.0 Å². The van der Waals surface area contributed by atoms with Crippen molar-refractivity contribution in [2.75, 3.05) is 16.2 Å². The van der Waals surface area contributed by atoms with Crippen LogP contribution in [0.3, 0.4) is 0 Å². The van der Waals surface area contributed by atoms with E-state index in [0.29, 0.717) is 37.4 Å². The summed E-state index contributed by atoms with van der Waals surface area (Å²) in [6.45, 7) is 2.88. The Morgan fingerprint density at radius 3 is 2.42 bits per heavy atom. The number of hydrogen-bond acceptors (Lipinski definition) is 4. The number of carbonyl (C=O) groups is 1. The molecular formula is C24H24N2O4S. The number of aryl methyl sites for hydroxylation is 1. The molecule has 0 atom stereocenters. The first kappa shape index (κ1) is 20.9. The molecule has 6 nitrogen and oxygen atoms in total. The number of fused-ring (bicyclic) bond motifs is 1. The van der Waals surface area contributed by atoms with Gasteiger partial charge in [-0.15, -0.1) is 0 Å². The van der Waals surface area contributed by atoms with Gasteiger partial charge in [0.05, 0.1) is 18.0 Å². The molecule has 1 heterocycles. The van der Waals surface area contributed by atoms with E-state index in [-0.39, 0.29) is 10.8 Å². The molecule has 1 N–H and O–H groups in total. The van der Waals surface area contributed by atoms with Gasteiger partial charge in [0, 0.05) is 17.8 Å². The molecule has 31 heavy (non-hydrogen) atoms. The van der Waals surface area contributed by atoms with Crippen molar-refractivity contribution in [2.45, 2.75) is 31.2 Å². The molecule has 0 spiro atoms. The Kier molecular flexibility index (Phi) is 5.95. The third-order valence-corrected chi connectivity index (χ3v) is 6.56. The van der Waals surface area contributed by atoms with Gasteiger partial charge >= 0.3 is 0 Å². The number of rotatable bonds is 7. The first-order chi connectivity index (χ1) is 15.0. The van der Waals surface area contributed by atoms with E-state index >= 15 is 0 Å². The van der Waals surface area contributed by atoms with E-state index < -0.39 is 10.0 Å². The molecule has 4 rings (SSSR count). The number of benzene rings is 3. The van der Waals surface area contributed by atoms with Crippen LogP contribution in [0.5, 0.6) is 5.75 Å². The van der Waals surface area contributed by atoms with Crippen LogP contribution in [0.25, 0.3) is 0 Å². The molecule has 3 aromatic rings. The van der Waals surface area contributed by atoms with Gasteiger partial charge in [0.1, 0.15) is 5.75 Å². The lowest BCUT2D eigenvalue weighted by atomic mass is 10.00. The van der Waals surface area contributed by atoms with Crippen LogP contribution in [0.15, 0.2) is 77.7 Å². The van der Waals surface area contributed by atoms with Crippen molar-refractivity contribution in [3.63, 3.8) is 0 Å². The second-order valence-corrected chi connectivity index (χ2v) is 9.00. The first-order valence-electron chi connectivity index (χ1n) is 10.2. The largest absolute Gasteiger partial charge is 0.494 e. The third-order valence-electron chi connectivity index (χ3n) is 5.16. The summed E-state index contributed by atoms with van der Waals surface area (Å²) in [5.41, 5.74) is 3.29. The second kappa shape index (κ2) is 8.81. The van der Waals surface area contributed by atoms with Gasteiger partial charge in [-0.2, -0.15) is 0 Å². The number of carbonyl (C=O) groups excluding carboxylic acids is 1. The maximum Gasteiger partial charge on any atom is 0.261 e. The number of amides is 1. The summed E-state index contributed by atoms with van der Waals surface area (Å²) in [6, 6.07) is 21.4. The van der Waals surface area contributed by atoms with E-state index in [0.717, 1.165) is 16.8 Å². The lowest BCUT2D eigenvalue weighted by Crippen LogP contribution is -2.34. The highest BCUT2D eigenvalue weighted by atomic mass is 32.2. The zero-order valence-electron chi connectivity index (χ0n) is 17.2. The standard InChI is InChI=1S/C24H24N2O4S/c1-2-30-21-10-12-22(13-11-21)31(28,29)25-20-9-14-23-19(16-20)8-15-24(27)26(23)17-18-6-4-3-5-7-18/h3-7,9-14,16,25H,2,8,15,17H2,1H3. The number of nitrogens with zero attached hydrogens (tertiary/aromatic N) is 1. The minimum Gasteiger partial charge on any atom is -0.494 e. The molecular weight excluding hydrogens is 412 g/mol. The molecule has 1 amide bonds. The number of nitrogens with one attached hydrogen (secondary N) is 1. The van der Waals surface area contributed by atoms with Crippen molar-refractivity contribution in [2.24, 2.45) is 0 Å². The SMILES string of the molecule is CCOc1ccc(S(=O)(=O)Nc2ccc3c(c2)CCC(=O)N3Cc2ccccc2)cc1. The van der Waals surface area contributed by atoms with Crippen LogP contribution < -0.4 is 14.4 Å². The summed E-state index contributed by atoms with van der Waals surface area (Å²) >= 11 is 0. The fourth-order valence-corrected chi connectivity index (χ4v) is 4.71. The van der Waals surface area contributed by atoms with Crippen LogP contribution in [-0.2, 0) is 27.8 Å². The summed E-state index contributed by atoms with van der Waals surface area (Å²) in [4.78, 5) is 14.5. The van der Waals surface area contributed by atoms with Crippen LogP contribution in [0, 0.1) is 0 Å². The van der Waals surface area contributed by atoms with Crippen molar-refractivity contribution in [3.05, 3.63) is 83.9 Å². The summed E-state index contributed by atoms with van der Waals surface area (Å²) in [5.74, 6) is 0.692. The highest BCUT2D eigenvalue weighted by Crippen LogP contribution is 2.32. The summed E-state index contributed by atoms with van der Waals surface area (Å²) in [5, 5.41) is 0. The van der Waals surface area contributed by atoms with Gasteiger partial charge in [0.2, 0.25) is 5.91 Å². The van der Waals surface area contributed by atoms with Gasteiger partial charge in [0.15, 0.2) is 0 Å². The maximum absolute atomic E-state index is 12.8. The molecule has 0 bridgehead atoms. The van der Waals surface area contributed by atoms with Crippen molar-refractivity contribution in [1.82, 2.24) is 0 Å². The summed E-state index contributed by atoms with van der Waals surface area (Å²) in [6.07, 6.45) is 0.979. The van der Waals surface area contributed by atoms with Crippen molar-refractivity contribution < 1.29 is 17.9 Å². The summed E-state index contributed by atoms with van der Waals surface area (Å²) in [7, 11) is -3.73.